The number of allylic oxidation sites excluding steroid dienone is 2. The van der Waals surface area contributed by atoms with Gasteiger partial charge in [-0.05, 0) is 88.6 Å². The quantitative estimate of drug-likeness (QED) is 0.0366. The van der Waals surface area contributed by atoms with E-state index >= 15 is 0 Å². The molecule has 0 atom stereocenters. The number of hydrogen-bond acceptors (Lipinski definition) is 15. The SMILES string of the molecule is CCCc1nn(C)c(O)c1N=Nc1cc([N+](=O)[O-])ccc1O.CCCc1nn(C)c(O)c1N=Nc1cc([N+](=O)[O-])ccc1O.CCN1C(=CC2=[N+](CC)c3ccc(Br)cc3C2(C)C)C(C)(C)c2cc(Br)ccc21.[Co]. The van der Waals surface area contributed by atoms with Crippen molar-refractivity contribution in [3.8, 4) is 23.3 Å². The second kappa shape index (κ2) is 24.0. The number of benzene rings is 4. The van der Waals surface area contributed by atoms with E-state index in [-0.39, 0.29) is 85.0 Å². The van der Waals surface area contributed by atoms with Crippen LogP contribution in [-0.2, 0) is 54.5 Å². The number of rotatable bonds is 13. The van der Waals surface area contributed by atoms with Crippen LogP contribution in [0.2, 0.25) is 0 Å². The molecule has 2 aliphatic heterocycles. The minimum Gasteiger partial charge on any atom is -0.506 e. The smallest absolute Gasteiger partial charge is 0.271 e. The largest absolute Gasteiger partial charge is 0.506 e. The van der Waals surface area contributed by atoms with Crippen molar-refractivity contribution in [1.29, 1.82) is 0 Å². The van der Waals surface area contributed by atoms with Crippen molar-refractivity contribution >= 4 is 83.1 Å². The third-order valence-electron chi connectivity index (χ3n) is 12.6. The average molecular weight is 1190 g/mol. The van der Waals surface area contributed by atoms with Crippen LogP contribution in [0.4, 0.5) is 45.5 Å². The molecule has 4 N–H and O–H groups in total. The minimum atomic E-state index is -0.595. The van der Waals surface area contributed by atoms with Crippen LogP contribution in [0.5, 0.6) is 23.3 Å². The monoisotopic (exact) mass is 1180 g/mol. The standard InChI is InChI=1S/C25H29Br2N2.2C13H15N5O4.Co/c1-7-28-20-11-9-16(26)13-18(20)24(3,4)22(28)15-23-25(5,6)19-14-17(27)10-12-21(19)29(23)8-2;2*1-3-4-9-12(13(20)17(2)16-9)15-14-10-7-8(18(21)22)5-6-11(10)19;/h9-15H,7-8H2,1-6H3;2*5-7,19-20H,3-4H2,1-2H3;/q+1;;;. The van der Waals surface area contributed by atoms with Crippen LogP contribution < -0.4 is 4.90 Å². The molecule has 0 aliphatic carbocycles. The molecule has 0 amide bonds. The first kappa shape index (κ1) is 58.1. The van der Waals surface area contributed by atoms with Gasteiger partial charge >= 0.3 is 0 Å². The van der Waals surface area contributed by atoms with Gasteiger partial charge in [-0.3, -0.25) is 20.2 Å². The van der Waals surface area contributed by atoms with Crippen LogP contribution in [0.3, 0.4) is 0 Å². The predicted molar refractivity (Wildman–Crippen MR) is 287 cm³/mol. The average Bonchev–Trinajstić information content (AvgIpc) is 3.93. The molecule has 393 valence electrons. The van der Waals surface area contributed by atoms with E-state index in [1.807, 2.05) is 13.8 Å². The zero-order valence-corrected chi connectivity index (χ0v) is 46.8. The fraction of sp³-hybridized carbons (Fsp3) is 0.353. The van der Waals surface area contributed by atoms with Crippen molar-refractivity contribution in [2.75, 3.05) is 18.0 Å². The van der Waals surface area contributed by atoms with Gasteiger partial charge in [-0.1, -0.05) is 72.4 Å². The predicted octanol–water partition coefficient (Wildman–Crippen LogP) is 13.5. The van der Waals surface area contributed by atoms with Crippen molar-refractivity contribution in [2.45, 2.75) is 91.9 Å². The molecule has 0 saturated heterocycles. The zero-order valence-electron chi connectivity index (χ0n) is 42.6. The van der Waals surface area contributed by atoms with E-state index in [0.29, 0.717) is 24.2 Å². The third-order valence-corrected chi connectivity index (χ3v) is 13.6. The number of nitro benzene ring substituents is 2. The zero-order chi connectivity index (χ0) is 53.7. The molecular weight excluding hydrogens is 1130 g/mol. The fourth-order valence-electron chi connectivity index (χ4n) is 8.78. The van der Waals surface area contributed by atoms with Crippen LogP contribution in [0, 0.1) is 20.2 Å². The summed E-state index contributed by atoms with van der Waals surface area (Å²) in [5.41, 5.74) is 9.06. The first-order valence-corrected chi connectivity index (χ1v) is 25.1. The fourth-order valence-corrected chi connectivity index (χ4v) is 9.50. The molecule has 0 spiro atoms. The molecule has 6 aromatic rings. The second-order valence-corrected chi connectivity index (χ2v) is 20.1. The summed E-state index contributed by atoms with van der Waals surface area (Å²) in [5, 5.41) is 84.3. The van der Waals surface area contributed by atoms with Gasteiger partial charge in [-0.25, -0.2) is 9.36 Å². The maximum absolute atomic E-state index is 10.7. The van der Waals surface area contributed by atoms with Crippen molar-refractivity contribution in [1.82, 2.24) is 19.6 Å². The van der Waals surface area contributed by atoms with E-state index < -0.39 is 9.85 Å². The van der Waals surface area contributed by atoms with Crippen LogP contribution in [0.25, 0.3) is 0 Å². The molecule has 2 aliphatic rings. The van der Waals surface area contributed by atoms with Crippen molar-refractivity contribution in [3.63, 3.8) is 0 Å². The van der Waals surface area contributed by atoms with Crippen LogP contribution in [-0.4, -0.2) is 73.2 Å². The molecule has 0 saturated carbocycles. The van der Waals surface area contributed by atoms with Gasteiger partial charge < -0.3 is 25.3 Å². The Morgan fingerprint density at radius 2 is 1.12 bits per heavy atom. The Kier molecular flexibility index (Phi) is 18.9. The number of halogens is 2. The number of aromatic nitrogens is 4. The summed E-state index contributed by atoms with van der Waals surface area (Å²) in [5.74, 6) is -0.793. The van der Waals surface area contributed by atoms with Gasteiger partial charge in [0.1, 0.15) is 29.4 Å². The number of phenols is 2. The summed E-state index contributed by atoms with van der Waals surface area (Å²) < 4.78 is 7.31. The molecule has 0 fully saturated rings. The number of likely N-dealkylation sites (N-methyl/N-ethyl adjacent to an activating group) is 1. The van der Waals surface area contributed by atoms with Crippen LogP contribution in [0.15, 0.2) is 114 Å². The summed E-state index contributed by atoms with van der Waals surface area (Å²) in [6.45, 7) is 19.7. The number of non-ortho nitro benzene ring substituents is 2. The number of nitro groups is 2. The molecule has 74 heavy (non-hydrogen) atoms. The van der Waals surface area contributed by atoms with Gasteiger partial charge in [-0.2, -0.15) is 14.8 Å². The first-order chi connectivity index (χ1) is 34.5. The number of anilines is 1. The molecular formula is C51H59Br2CoN12O8+. The molecule has 0 unspecified atom stereocenters. The third kappa shape index (κ3) is 12.1. The molecule has 20 nitrogen and oxygen atoms in total. The van der Waals surface area contributed by atoms with E-state index in [1.165, 1.54) is 67.5 Å². The molecule has 23 heteroatoms. The van der Waals surface area contributed by atoms with E-state index in [4.69, 9.17) is 0 Å². The van der Waals surface area contributed by atoms with Gasteiger partial charge in [0.15, 0.2) is 17.1 Å². The minimum absolute atomic E-state index is 0. The maximum atomic E-state index is 10.7. The summed E-state index contributed by atoms with van der Waals surface area (Å²) in [7, 11) is 3.14. The summed E-state index contributed by atoms with van der Waals surface area (Å²) in [6, 6.07) is 20.2. The van der Waals surface area contributed by atoms with Gasteiger partial charge in [0.05, 0.1) is 26.6 Å². The van der Waals surface area contributed by atoms with Gasteiger partial charge in [0.25, 0.3) is 11.4 Å². The Hall–Kier alpha value is -6.82. The normalized spacial score (nSPS) is 14.6. The van der Waals surface area contributed by atoms with Gasteiger partial charge in [0.2, 0.25) is 17.4 Å². The van der Waals surface area contributed by atoms with E-state index in [1.54, 1.807) is 14.1 Å². The number of aryl methyl sites for hydroxylation is 4. The van der Waals surface area contributed by atoms with Crippen molar-refractivity contribution < 1.29 is 51.6 Å². The Balaban J connectivity index is 0.000000207. The second-order valence-electron chi connectivity index (χ2n) is 18.2. The number of hydrogen-bond donors (Lipinski definition) is 4. The van der Waals surface area contributed by atoms with Gasteiger partial charge in [0, 0.05) is 105 Å². The Labute approximate surface area is 455 Å². The molecule has 0 bridgehead atoms. The number of phenolic OH excluding ortho intramolecular Hbond substituents is 2. The summed E-state index contributed by atoms with van der Waals surface area (Å²) in [4.78, 5) is 22.8. The Morgan fingerprint density at radius 1 is 0.662 bits per heavy atom. The topological polar surface area (TPSA) is 259 Å². The summed E-state index contributed by atoms with van der Waals surface area (Å²) >= 11 is 7.35. The van der Waals surface area contributed by atoms with Crippen LogP contribution >= 0.6 is 31.9 Å². The van der Waals surface area contributed by atoms with Crippen molar-refractivity contribution in [2.24, 2.45) is 34.6 Å². The number of azo groups is 2. The molecule has 8 rings (SSSR count). The first-order valence-electron chi connectivity index (χ1n) is 23.5. The van der Waals surface area contributed by atoms with Crippen LogP contribution in [0.1, 0.15) is 90.7 Å². The Bertz CT molecular complexity index is 3090. The van der Waals surface area contributed by atoms with Crippen molar-refractivity contribution in [3.05, 3.63) is 136 Å². The van der Waals surface area contributed by atoms with E-state index in [2.05, 4.69) is 156 Å². The number of nitrogens with zero attached hydrogens (tertiary/aromatic N) is 12. The van der Waals surface area contributed by atoms with Gasteiger partial charge in [-0.15, -0.1) is 20.5 Å². The molecule has 4 aromatic carbocycles. The van der Waals surface area contributed by atoms with E-state index in [0.717, 1.165) is 47.0 Å². The molecule has 2 aromatic heterocycles. The number of aromatic hydroxyl groups is 4. The summed E-state index contributed by atoms with van der Waals surface area (Å²) in [6.07, 6.45) is 5.28. The molecule has 4 heterocycles. The number of fused-ring (bicyclic) bond motifs is 2. The molecule has 1 radical (unpaired) electrons. The Morgan fingerprint density at radius 3 is 1.55 bits per heavy atom. The van der Waals surface area contributed by atoms with E-state index in [9.17, 15) is 40.7 Å². The maximum Gasteiger partial charge on any atom is 0.271 e.